The fourth-order valence-corrected chi connectivity index (χ4v) is 2.42. The van der Waals surface area contributed by atoms with Crippen molar-refractivity contribution in [3.63, 3.8) is 0 Å². The molecule has 7 heteroatoms. The average molecular weight is 303 g/mol. The number of rotatable bonds is 5. The predicted octanol–water partition coefficient (Wildman–Crippen LogP) is 0.930. The van der Waals surface area contributed by atoms with Gasteiger partial charge in [-0.1, -0.05) is 0 Å². The highest BCUT2D eigenvalue weighted by Gasteiger charge is 2.13. The first-order valence-electron chi connectivity index (χ1n) is 7.21. The maximum absolute atomic E-state index is 12.1. The van der Waals surface area contributed by atoms with Crippen molar-refractivity contribution in [2.45, 2.75) is 39.7 Å². The molecular formula is C15H21N5O2. The largest absolute Gasteiger partial charge is 0.349 e. The lowest BCUT2D eigenvalue weighted by Crippen LogP contribution is -2.27. The molecule has 0 radical (unpaired) electrons. The van der Waals surface area contributed by atoms with Gasteiger partial charge in [0.05, 0.1) is 12.2 Å². The van der Waals surface area contributed by atoms with E-state index in [-0.39, 0.29) is 17.6 Å². The summed E-state index contributed by atoms with van der Waals surface area (Å²) in [5.41, 5.74) is 2.98. The minimum Gasteiger partial charge on any atom is -0.349 e. The van der Waals surface area contributed by atoms with Gasteiger partial charge in [0.1, 0.15) is 0 Å². The van der Waals surface area contributed by atoms with Gasteiger partial charge in [0.2, 0.25) is 5.91 Å². The van der Waals surface area contributed by atoms with Crippen molar-refractivity contribution in [2.24, 2.45) is 7.05 Å². The van der Waals surface area contributed by atoms with E-state index < -0.39 is 0 Å². The van der Waals surface area contributed by atoms with Gasteiger partial charge in [0.15, 0.2) is 0 Å². The Morgan fingerprint density at radius 1 is 1.45 bits per heavy atom. The number of hydrogen-bond donors (Lipinski definition) is 2. The van der Waals surface area contributed by atoms with Crippen molar-refractivity contribution in [3.8, 4) is 0 Å². The first-order valence-corrected chi connectivity index (χ1v) is 7.21. The number of nitrogens with zero attached hydrogens (tertiary/aromatic N) is 3. The van der Waals surface area contributed by atoms with Gasteiger partial charge in [-0.2, -0.15) is 10.1 Å². The van der Waals surface area contributed by atoms with Gasteiger partial charge in [-0.3, -0.25) is 9.48 Å². The molecule has 0 spiro atoms. The molecule has 0 aromatic carbocycles. The Bertz CT molecular complexity index is 706. The second kappa shape index (κ2) is 6.55. The molecule has 1 atom stereocenters. The summed E-state index contributed by atoms with van der Waals surface area (Å²) in [4.78, 5) is 29.9. The van der Waals surface area contributed by atoms with Gasteiger partial charge in [-0.25, -0.2) is 4.79 Å². The van der Waals surface area contributed by atoms with E-state index in [1.54, 1.807) is 17.8 Å². The van der Waals surface area contributed by atoms with Gasteiger partial charge in [0, 0.05) is 36.6 Å². The number of aromatic nitrogens is 4. The lowest BCUT2D eigenvalue weighted by Gasteiger charge is -2.13. The van der Waals surface area contributed by atoms with Crippen LogP contribution in [0.25, 0.3) is 0 Å². The fourth-order valence-electron chi connectivity index (χ4n) is 2.42. The van der Waals surface area contributed by atoms with Crippen molar-refractivity contribution in [1.82, 2.24) is 25.1 Å². The highest BCUT2D eigenvalue weighted by molar-refractivity contribution is 5.76. The van der Waals surface area contributed by atoms with E-state index in [0.717, 1.165) is 16.8 Å². The second-order valence-electron chi connectivity index (χ2n) is 5.47. The van der Waals surface area contributed by atoms with Crippen LogP contribution in [-0.2, 0) is 18.3 Å². The van der Waals surface area contributed by atoms with E-state index in [9.17, 15) is 9.59 Å². The number of amides is 1. The molecule has 0 aliphatic heterocycles. The zero-order chi connectivity index (χ0) is 16.3. The molecule has 0 aliphatic carbocycles. The monoisotopic (exact) mass is 303 g/mol. The van der Waals surface area contributed by atoms with Gasteiger partial charge < -0.3 is 10.3 Å². The summed E-state index contributed by atoms with van der Waals surface area (Å²) in [6, 6.07) is -0.0860. The Morgan fingerprint density at radius 2 is 2.18 bits per heavy atom. The molecule has 1 unspecified atom stereocenters. The van der Waals surface area contributed by atoms with Crippen molar-refractivity contribution in [3.05, 3.63) is 45.4 Å². The highest BCUT2D eigenvalue weighted by Crippen LogP contribution is 2.12. The van der Waals surface area contributed by atoms with E-state index in [0.29, 0.717) is 18.5 Å². The Labute approximate surface area is 128 Å². The van der Waals surface area contributed by atoms with Gasteiger partial charge in [0.25, 0.3) is 0 Å². The number of aromatic amines is 1. The Hall–Kier alpha value is -2.44. The molecule has 2 rings (SSSR count). The van der Waals surface area contributed by atoms with Crippen LogP contribution in [0.5, 0.6) is 0 Å². The first kappa shape index (κ1) is 15.9. The summed E-state index contributed by atoms with van der Waals surface area (Å²) >= 11 is 0. The van der Waals surface area contributed by atoms with E-state index in [1.165, 1.54) is 0 Å². The summed E-state index contributed by atoms with van der Waals surface area (Å²) < 4.78 is 1.71. The van der Waals surface area contributed by atoms with Crippen LogP contribution in [0.3, 0.4) is 0 Å². The molecule has 2 aromatic rings. The maximum atomic E-state index is 12.1. The summed E-state index contributed by atoms with van der Waals surface area (Å²) in [6.07, 6.45) is 4.52. The van der Waals surface area contributed by atoms with E-state index in [1.807, 2.05) is 27.1 Å². The SMILES string of the molecule is Cc1nc(=O)[nH]c(C)c1CCC(=O)NC(C)c1cnn(C)c1. The first-order chi connectivity index (χ1) is 10.4. The van der Waals surface area contributed by atoms with Crippen molar-refractivity contribution >= 4 is 5.91 Å². The molecule has 0 fully saturated rings. The molecule has 22 heavy (non-hydrogen) atoms. The molecule has 0 saturated carbocycles. The number of hydrogen-bond acceptors (Lipinski definition) is 4. The van der Waals surface area contributed by atoms with Crippen LogP contribution in [0.15, 0.2) is 17.2 Å². The Morgan fingerprint density at radius 3 is 2.77 bits per heavy atom. The third-order valence-corrected chi connectivity index (χ3v) is 3.66. The zero-order valence-corrected chi connectivity index (χ0v) is 13.3. The molecule has 118 valence electrons. The van der Waals surface area contributed by atoms with Gasteiger partial charge in [-0.15, -0.1) is 0 Å². The number of carbonyl (C=O) groups is 1. The molecule has 1 amide bonds. The Kier molecular flexibility index (Phi) is 4.75. The van der Waals surface area contributed by atoms with Crippen molar-refractivity contribution < 1.29 is 4.79 Å². The zero-order valence-electron chi connectivity index (χ0n) is 13.3. The summed E-state index contributed by atoms with van der Waals surface area (Å²) in [5.74, 6) is -0.0404. The molecule has 2 heterocycles. The molecular weight excluding hydrogens is 282 g/mol. The van der Waals surface area contributed by atoms with Crippen molar-refractivity contribution in [2.75, 3.05) is 0 Å². The number of carbonyl (C=O) groups excluding carboxylic acids is 1. The maximum Gasteiger partial charge on any atom is 0.345 e. The number of aryl methyl sites for hydroxylation is 3. The topological polar surface area (TPSA) is 92.7 Å². The molecule has 2 aromatic heterocycles. The van der Waals surface area contributed by atoms with Crippen LogP contribution < -0.4 is 11.0 Å². The van der Waals surface area contributed by atoms with Gasteiger partial charge >= 0.3 is 5.69 Å². The van der Waals surface area contributed by atoms with Crippen LogP contribution >= 0.6 is 0 Å². The van der Waals surface area contributed by atoms with Gasteiger partial charge in [-0.05, 0) is 32.8 Å². The smallest absolute Gasteiger partial charge is 0.345 e. The lowest BCUT2D eigenvalue weighted by molar-refractivity contribution is -0.121. The third kappa shape index (κ3) is 3.81. The van der Waals surface area contributed by atoms with Crippen LogP contribution in [-0.4, -0.2) is 25.7 Å². The third-order valence-electron chi connectivity index (χ3n) is 3.66. The van der Waals surface area contributed by atoms with Crippen LogP contribution in [0, 0.1) is 13.8 Å². The second-order valence-corrected chi connectivity index (χ2v) is 5.47. The molecule has 0 saturated heterocycles. The van der Waals surface area contributed by atoms with Crippen molar-refractivity contribution in [1.29, 1.82) is 0 Å². The minimum absolute atomic E-state index is 0.0404. The summed E-state index contributed by atoms with van der Waals surface area (Å²) in [6.45, 7) is 5.53. The van der Waals surface area contributed by atoms with E-state index >= 15 is 0 Å². The molecule has 7 nitrogen and oxygen atoms in total. The summed E-state index contributed by atoms with van der Waals surface area (Å²) in [7, 11) is 1.84. The standard InChI is InChI=1S/C15H21N5O2/c1-9(12-7-16-20(4)8-12)17-14(21)6-5-13-10(2)18-15(22)19-11(13)3/h7-9H,5-6H2,1-4H3,(H,17,21)(H,18,19,22). The minimum atomic E-state index is -0.353. The lowest BCUT2D eigenvalue weighted by atomic mass is 10.1. The quantitative estimate of drug-likeness (QED) is 0.859. The Balaban J connectivity index is 1.95. The molecule has 2 N–H and O–H groups in total. The predicted molar refractivity (Wildman–Crippen MR) is 82.4 cm³/mol. The number of H-pyrrole nitrogens is 1. The van der Waals surface area contributed by atoms with Crippen LogP contribution in [0.1, 0.15) is 41.9 Å². The van der Waals surface area contributed by atoms with Crippen LogP contribution in [0.2, 0.25) is 0 Å². The highest BCUT2D eigenvalue weighted by atomic mass is 16.1. The van der Waals surface area contributed by atoms with E-state index in [2.05, 4.69) is 20.4 Å². The fraction of sp³-hybridized carbons (Fsp3) is 0.467. The molecule has 0 bridgehead atoms. The molecule has 0 aliphatic rings. The normalized spacial score (nSPS) is 12.2. The number of nitrogens with one attached hydrogen (secondary N) is 2. The summed E-state index contributed by atoms with van der Waals surface area (Å²) in [5, 5.41) is 7.04. The average Bonchev–Trinajstić information content (AvgIpc) is 2.84. The van der Waals surface area contributed by atoms with Crippen LogP contribution in [0.4, 0.5) is 0 Å². The van der Waals surface area contributed by atoms with E-state index in [4.69, 9.17) is 0 Å².